The third-order valence-corrected chi connectivity index (χ3v) is 5.06. The summed E-state index contributed by atoms with van der Waals surface area (Å²) in [5.41, 5.74) is 0. The van der Waals surface area contributed by atoms with Crippen LogP contribution in [-0.4, -0.2) is 12.1 Å². The van der Waals surface area contributed by atoms with Crippen LogP contribution in [-0.2, 0) is 0 Å². The van der Waals surface area contributed by atoms with Crippen LogP contribution in [0, 0.1) is 17.8 Å². The second-order valence-electron chi connectivity index (χ2n) is 6.45. The second-order valence-corrected chi connectivity index (χ2v) is 6.45. The van der Waals surface area contributed by atoms with Crippen LogP contribution in [0.5, 0.6) is 0 Å². The van der Waals surface area contributed by atoms with Gasteiger partial charge in [-0.2, -0.15) is 0 Å². The van der Waals surface area contributed by atoms with Gasteiger partial charge < -0.3 is 5.32 Å². The highest BCUT2D eigenvalue weighted by Crippen LogP contribution is 2.31. The largest absolute Gasteiger partial charge is 0.310 e. The maximum Gasteiger partial charge on any atom is 0.0121 e. The van der Waals surface area contributed by atoms with Crippen LogP contribution in [0.4, 0.5) is 0 Å². The molecule has 16 heavy (non-hydrogen) atoms. The van der Waals surface area contributed by atoms with E-state index in [1.165, 1.54) is 44.9 Å². The minimum absolute atomic E-state index is 0.791. The normalized spacial score (nSPS) is 45.6. The summed E-state index contributed by atoms with van der Waals surface area (Å²) in [5.74, 6) is 2.67. The number of rotatable bonds is 2. The predicted molar refractivity (Wildman–Crippen MR) is 70.5 cm³/mol. The zero-order valence-corrected chi connectivity index (χ0v) is 11.3. The molecule has 2 fully saturated rings. The monoisotopic (exact) mass is 223 g/mol. The Kier molecular flexibility index (Phi) is 4.29. The molecule has 0 aromatic rings. The molecule has 0 heterocycles. The molecule has 2 rings (SSSR count). The first-order valence-electron chi connectivity index (χ1n) is 7.44. The Balaban J connectivity index is 1.90. The van der Waals surface area contributed by atoms with Gasteiger partial charge in [-0.05, 0) is 43.4 Å². The van der Waals surface area contributed by atoms with Crippen molar-refractivity contribution in [2.75, 3.05) is 0 Å². The van der Waals surface area contributed by atoms with E-state index in [9.17, 15) is 0 Å². The Labute approximate surface area is 101 Å². The van der Waals surface area contributed by atoms with E-state index in [-0.39, 0.29) is 0 Å². The summed E-state index contributed by atoms with van der Waals surface area (Å²) < 4.78 is 0. The average molecular weight is 223 g/mol. The molecule has 0 aromatic carbocycles. The average Bonchev–Trinajstić information content (AvgIpc) is 2.26. The molecule has 0 spiro atoms. The quantitative estimate of drug-likeness (QED) is 0.746. The van der Waals surface area contributed by atoms with Crippen LogP contribution < -0.4 is 5.32 Å². The fraction of sp³-hybridized carbons (Fsp3) is 1.00. The van der Waals surface area contributed by atoms with Crippen LogP contribution in [0.2, 0.25) is 0 Å². The molecule has 4 unspecified atom stereocenters. The van der Waals surface area contributed by atoms with Crippen molar-refractivity contribution in [3.63, 3.8) is 0 Å². The van der Waals surface area contributed by atoms with Gasteiger partial charge in [-0.1, -0.05) is 40.0 Å². The molecule has 0 bridgehead atoms. The maximum absolute atomic E-state index is 4.01. The molecule has 0 aromatic heterocycles. The van der Waals surface area contributed by atoms with E-state index in [2.05, 4.69) is 26.1 Å². The molecule has 0 saturated heterocycles. The minimum Gasteiger partial charge on any atom is -0.310 e. The molecule has 2 aliphatic carbocycles. The Hall–Kier alpha value is -0.0400. The highest BCUT2D eigenvalue weighted by Gasteiger charge is 2.31. The van der Waals surface area contributed by atoms with Crippen LogP contribution in [0.15, 0.2) is 0 Å². The topological polar surface area (TPSA) is 12.0 Å². The van der Waals surface area contributed by atoms with Crippen LogP contribution in [0.25, 0.3) is 0 Å². The van der Waals surface area contributed by atoms with E-state index in [0.29, 0.717) is 0 Å². The summed E-state index contributed by atoms with van der Waals surface area (Å²) in [6, 6.07) is 1.60. The van der Waals surface area contributed by atoms with Gasteiger partial charge in [-0.3, -0.25) is 0 Å². The van der Waals surface area contributed by atoms with Crippen molar-refractivity contribution in [3.05, 3.63) is 0 Å². The van der Waals surface area contributed by atoms with Crippen LogP contribution >= 0.6 is 0 Å². The molecule has 2 aliphatic rings. The second kappa shape index (κ2) is 5.53. The first kappa shape index (κ1) is 12.4. The molecular weight excluding hydrogens is 194 g/mol. The van der Waals surface area contributed by atoms with E-state index >= 15 is 0 Å². The lowest BCUT2D eigenvalue weighted by molar-refractivity contribution is 0.158. The molecule has 4 atom stereocenters. The van der Waals surface area contributed by atoms with Crippen molar-refractivity contribution >= 4 is 0 Å². The predicted octanol–water partition coefficient (Wildman–Crippen LogP) is 3.98. The van der Waals surface area contributed by atoms with E-state index in [1.54, 1.807) is 0 Å². The molecular formula is C15H29N. The fourth-order valence-electron chi connectivity index (χ4n) is 3.82. The summed E-state index contributed by atoms with van der Waals surface area (Å²) in [4.78, 5) is 0. The molecule has 0 radical (unpaired) electrons. The van der Waals surface area contributed by atoms with Crippen molar-refractivity contribution < 1.29 is 0 Å². The lowest BCUT2D eigenvalue weighted by atomic mass is 9.77. The highest BCUT2D eigenvalue weighted by atomic mass is 15.0. The summed E-state index contributed by atoms with van der Waals surface area (Å²) in [6.07, 6.45) is 10.1. The Morgan fingerprint density at radius 3 is 1.88 bits per heavy atom. The summed E-state index contributed by atoms with van der Waals surface area (Å²) in [6.45, 7) is 7.33. The maximum atomic E-state index is 4.01. The van der Waals surface area contributed by atoms with Gasteiger partial charge in [0, 0.05) is 12.1 Å². The van der Waals surface area contributed by atoms with Crippen LogP contribution in [0.1, 0.15) is 65.7 Å². The fourth-order valence-corrected chi connectivity index (χ4v) is 3.82. The van der Waals surface area contributed by atoms with Crippen molar-refractivity contribution in [3.8, 4) is 0 Å². The lowest BCUT2D eigenvalue weighted by Crippen LogP contribution is -2.50. The third-order valence-electron chi connectivity index (χ3n) is 5.06. The van der Waals surface area contributed by atoms with Gasteiger partial charge >= 0.3 is 0 Å². The first-order valence-corrected chi connectivity index (χ1v) is 7.44. The standard InChI is InChI=1S/C15H29N/c1-11-7-4-5-10-14(11)16-15-12(2)8-6-9-13(15)3/h11-16H,4-10H2,1-3H3. The van der Waals surface area contributed by atoms with Gasteiger partial charge in [0.2, 0.25) is 0 Å². The van der Waals surface area contributed by atoms with Gasteiger partial charge in [0.25, 0.3) is 0 Å². The lowest BCUT2D eigenvalue weighted by Gasteiger charge is -2.41. The third kappa shape index (κ3) is 2.80. The van der Waals surface area contributed by atoms with Crippen molar-refractivity contribution in [1.82, 2.24) is 5.32 Å². The summed E-state index contributed by atoms with van der Waals surface area (Å²) in [5, 5.41) is 4.01. The van der Waals surface area contributed by atoms with Crippen molar-refractivity contribution in [2.45, 2.75) is 77.8 Å². The molecule has 2 saturated carbocycles. The zero-order valence-electron chi connectivity index (χ0n) is 11.3. The van der Waals surface area contributed by atoms with Gasteiger partial charge in [0.15, 0.2) is 0 Å². The van der Waals surface area contributed by atoms with E-state index in [4.69, 9.17) is 0 Å². The van der Waals surface area contributed by atoms with E-state index in [0.717, 1.165) is 29.8 Å². The number of hydrogen-bond acceptors (Lipinski definition) is 1. The smallest absolute Gasteiger partial charge is 0.0121 e. The number of hydrogen-bond donors (Lipinski definition) is 1. The van der Waals surface area contributed by atoms with Crippen molar-refractivity contribution in [1.29, 1.82) is 0 Å². The van der Waals surface area contributed by atoms with Gasteiger partial charge in [0.05, 0.1) is 0 Å². The van der Waals surface area contributed by atoms with E-state index in [1.807, 2.05) is 0 Å². The van der Waals surface area contributed by atoms with Gasteiger partial charge in [-0.15, -0.1) is 0 Å². The molecule has 1 nitrogen and oxygen atoms in total. The van der Waals surface area contributed by atoms with Crippen molar-refractivity contribution in [2.24, 2.45) is 17.8 Å². The SMILES string of the molecule is CC1CCCCC1NC1C(C)CCCC1C. The summed E-state index contributed by atoms with van der Waals surface area (Å²) in [7, 11) is 0. The molecule has 1 N–H and O–H groups in total. The van der Waals surface area contributed by atoms with Gasteiger partial charge in [0.1, 0.15) is 0 Å². The molecule has 0 amide bonds. The minimum atomic E-state index is 0.791. The Bertz CT molecular complexity index is 203. The molecule has 1 heteroatoms. The number of nitrogens with one attached hydrogen (secondary N) is 1. The Morgan fingerprint density at radius 2 is 1.25 bits per heavy atom. The molecule has 94 valence electrons. The van der Waals surface area contributed by atoms with E-state index < -0.39 is 0 Å². The van der Waals surface area contributed by atoms with Gasteiger partial charge in [-0.25, -0.2) is 0 Å². The first-order chi connectivity index (χ1) is 7.68. The highest BCUT2D eigenvalue weighted by molar-refractivity contribution is 4.88. The summed E-state index contributed by atoms with van der Waals surface area (Å²) >= 11 is 0. The van der Waals surface area contributed by atoms with Crippen LogP contribution in [0.3, 0.4) is 0 Å². The Morgan fingerprint density at radius 1 is 0.688 bits per heavy atom. The zero-order chi connectivity index (χ0) is 11.5. The molecule has 0 aliphatic heterocycles.